The fourth-order valence-corrected chi connectivity index (χ4v) is 4.89. The SMILES string of the molecule is CCCn1c(O)c(C(=O)c2sc3cccc(Cl)c3c2Cl)c(C)c(C#N)c1=O. The lowest BCUT2D eigenvalue weighted by molar-refractivity contribution is 0.103. The van der Waals surface area contributed by atoms with Gasteiger partial charge in [-0.3, -0.25) is 14.2 Å². The van der Waals surface area contributed by atoms with Crippen molar-refractivity contribution in [2.45, 2.75) is 26.8 Å². The number of carbonyl (C=O) groups excluding carboxylic acids is 1. The molecular weight excluding hydrogens is 407 g/mol. The molecular formula is C19H14Cl2N2O3S. The molecule has 5 nitrogen and oxygen atoms in total. The number of nitrogens with zero attached hydrogens (tertiary/aromatic N) is 2. The van der Waals surface area contributed by atoms with Crippen molar-refractivity contribution in [1.29, 1.82) is 5.26 Å². The normalized spacial score (nSPS) is 10.9. The highest BCUT2D eigenvalue weighted by Gasteiger charge is 2.28. The largest absolute Gasteiger partial charge is 0.494 e. The Balaban J connectivity index is 2.32. The van der Waals surface area contributed by atoms with Crippen LogP contribution in [0.25, 0.3) is 10.1 Å². The predicted octanol–water partition coefficient (Wildman–Crippen LogP) is 4.90. The van der Waals surface area contributed by atoms with Gasteiger partial charge in [0.25, 0.3) is 5.56 Å². The van der Waals surface area contributed by atoms with Crippen LogP contribution in [0, 0.1) is 18.3 Å². The van der Waals surface area contributed by atoms with Gasteiger partial charge in [0.05, 0.1) is 20.5 Å². The Morgan fingerprint density at radius 1 is 1.37 bits per heavy atom. The maximum atomic E-state index is 13.2. The molecule has 0 saturated heterocycles. The van der Waals surface area contributed by atoms with Gasteiger partial charge < -0.3 is 5.11 Å². The summed E-state index contributed by atoms with van der Waals surface area (Å²) in [6.07, 6.45) is 0.550. The van der Waals surface area contributed by atoms with E-state index in [-0.39, 0.29) is 33.1 Å². The standard InChI is InChI=1S/C19H14Cl2N2O3S/c1-3-7-23-18(25)10(8-22)9(2)13(19(23)26)16(24)17-15(21)14-11(20)5-4-6-12(14)27-17/h4-6,26H,3,7H2,1-2H3. The Hall–Kier alpha value is -2.33. The highest BCUT2D eigenvalue weighted by molar-refractivity contribution is 7.22. The molecule has 0 atom stereocenters. The average molecular weight is 421 g/mol. The number of pyridine rings is 1. The minimum Gasteiger partial charge on any atom is -0.494 e. The Labute approximate surface area is 169 Å². The lowest BCUT2D eigenvalue weighted by atomic mass is 10.0. The Bertz CT molecular complexity index is 1190. The average Bonchev–Trinajstić information content (AvgIpc) is 2.97. The third-order valence-corrected chi connectivity index (χ3v) is 6.25. The summed E-state index contributed by atoms with van der Waals surface area (Å²) in [5.41, 5.74) is -0.739. The number of ketones is 1. The fourth-order valence-electron chi connectivity index (χ4n) is 2.98. The van der Waals surface area contributed by atoms with Crippen molar-refractivity contribution < 1.29 is 9.90 Å². The molecule has 27 heavy (non-hydrogen) atoms. The minimum atomic E-state index is -0.614. The number of benzene rings is 1. The molecule has 0 bridgehead atoms. The van der Waals surface area contributed by atoms with Crippen LogP contribution in [0.1, 0.15) is 39.7 Å². The molecule has 0 saturated carbocycles. The van der Waals surface area contributed by atoms with E-state index in [0.29, 0.717) is 16.8 Å². The van der Waals surface area contributed by atoms with E-state index in [1.165, 1.54) is 6.92 Å². The second-order valence-corrected chi connectivity index (χ2v) is 7.79. The van der Waals surface area contributed by atoms with E-state index in [4.69, 9.17) is 23.2 Å². The van der Waals surface area contributed by atoms with Gasteiger partial charge in [0.2, 0.25) is 11.7 Å². The highest BCUT2D eigenvalue weighted by Crippen LogP contribution is 2.41. The lowest BCUT2D eigenvalue weighted by Crippen LogP contribution is -2.26. The van der Waals surface area contributed by atoms with Crippen LogP contribution in [0.4, 0.5) is 0 Å². The summed E-state index contributed by atoms with van der Waals surface area (Å²) in [4.78, 5) is 25.8. The van der Waals surface area contributed by atoms with E-state index in [1.807, 2.05) is 13.0 Å². The van der Waals surface area contributed by atoms with Gasteiger partial charge in [0, 0.05) is 16.6 Å². The number of rotatable bonds is 4. The third kappa shape index (κ3) is 3.02. The van der Waals surface area contributed by atoms with Gasteiger partial charge in [-0.25, -0.2) is 0 Å². The first kappa shape index (κ1) is 19.4. The van der Waals surface area contributed by atoms with Crippen LogP contribution >= 0.6 is 34.5 Å². The molecule has 0 unspecified atom stereocenters. The van der Waals surface area contributed by atoms with Crippen molar-refractivity contribution in [2.24, 2.45) is 0 Å². The zero-order chi connectivity index (χ0) is 19.9. The monoisotopic (exact) mass is 420 g/mol. The number of hydrogen-bond donors (Lipinski definition) is 1. The van der Waals surface area contributed by atoms with Crippen molar-refractivity contribution in [3.63, 3.8) is 0 Å². The second-order valence-electron chi connectivity index (χ2n) is 5.95. The van der Waals surface area contributed by atoms with Gasteiger partial charge in [-0.1, -0.05) is 36.2 Å². The smallest absolute Gasteiger partial charge is 0.271 e. The summed E-state index contributed by atoms with van der Waals surface area (Å²) in [5.74, 6) is -1.00. The molecule has 0 aliphatic rings. The summed E-state index contributed by atoms with van der Waals surface area (Å²) in [6, 6.07) is 7.06. The maximum absolute atomic E-state index is 13.2. The summed E-state index contributed by atoms with van der Waals surface area (Å²) in [6.45, 7) is 3.48. The Morgan fingerprint density at radius 3 is 2.67 bits per heavy atom. The Kier molecular flexibility index (Phi) is 5.29. The molecule has 3 aromatic rings. The predicted molar refractivity (Wildman–Crippen MR) is 107 cm³/mol. The van der Waals surface area contributed by atoms with Gasteiger partial charge in [-0.05, 0) is 31.0 Å². The van der Waals surface area contributed by atoms with E-state index in [1.54, 1.807) is 18.2 Å². The fraction of sp³-hybridized carbons (Fsp3) is 0.211. The van der Waals surface area contributed by atoms with Crippen LogP contribution in [-0.4, -0.2) is 15.5 Å². The molecule has 0 fully saturated rings. The van der Waals surface area contributed by atoms with Crippen LogP contribution in [0.3, 0.4) is 0 Å². The molecule has 3 rings (SSSR count). The van der Waals surface area contributed by atoms with Crippen LogP contribution in [-0.2, 0) is 6.54 Å². The molecule has 0 aliphatic heterocycles. The van der Waals surface area contributed by atoms with Gasteiger partial charge in [-0.15, -0.1) is 11.3 Å². The molecule has 0 amide bonds. The lowest BCUT2D eigenvalue weighted by Gasteiger charge is -2.14. The first-order chi connectivity index (χ1) is 12.8. The molecule has 1 N–H and O–H groups in total. The van der Waals surface area contributed by atoms with Crippen LogP contribution in [0.5, 0.6) is 5.88 Å². The van der Waals surface area contributed by atoms with Crippen molar-refractivity contribution in [3.05, 3.63) is 60.2 Å². The van der Waals surface area contributed by atoms with Gasteiger partial charge in [0.1, 0.15) is 11.6 Å². The summed E-state index contributed by atoms with van der Waals surface area (Å²) in [5, 5.41) is 21.2. The number of nitriles is 1. The minimum absolute atomic E-state index is 0.0934. The summed E-state index contributed by atoms with van der Waals surface area (Å²) >= 11 is 13.8. The molecule has 138 valence electrons. The summed E-state index contributed by atoms with van der Waals surface area (Å²) < 4.78 is 1.78. The molecule has 0 aliphatic carbocycles. The Morgan fingerprint density at radius 2 is 2.07 bits per heavy atom. The number of aromatic nitrogens is 1. The molecule has 1 aromatic carbocycles. The van der Waals surface area contributed by atoms with E-state index in [9.17, 15) is 20.0 Å². The van der Waals surface area contributed by atoms with E-state index in [0.717, 1.165) is 20.6 Å². The van der Waals surface area contributed by atoms with E-state index < -0.39 is 17.2 Å². The highest BCUT2D eigenvalue weighted by atomic mass is 35.5. The topological polar surface area (TPSA) is 83.1 Å². The number of fused-ring (bicyclic) bond motifs is 1. The zero-order valence-electron chi connectivity index (χ0n) is 14.5. The van der Waals surface area contributed by atoms with Gasteiger partial charge in [0.15, 0.2) is 0 Å². The quantitative estimate of drug-likeness (QED) is 0.608. The number of halogens is 2. The molecule has 2 heterocycles. The second kappa shape index (κ2) is 7.35. The zero-order valence-corrected chi connectivity index (χ0v) is 16.8. The van der Waals surface area contributed by atoms with Crippen molar-refractivity contribution in [1.82, 2.24) is 4.57 Å². The number of aromatic hydroxyl groups is 1. The molecule has 8 heteroatoms. The number of thiophene rings is 1. The molecule has 0 spiro atoms. The van der Waals surface area contributed by atoms with Crippen LogP contribution in [0.15, 0.2) is 23.0 Å². The van der Waals surface area contributed by atoms with Gasteiger partial charge in [-0.2, -0.15) is 5.26 Å². The van der Waals surface area contributed by atoms with Crippen molar-refractivity contribution in [3.8, 4) is 11.9 Å². The third-order valence-electron chi connectivity index (χ3n) is 4.29. The van der Waals surface area contributed by atoms with E-state index >= 15 is 0 Å². The number of hydrogen-bond acceptors (Lipinski definition) is 5. The van der Waals surface area contributed by atoms with Crippen LogP contribution < -0.4 is 5.56 Å². The van der Waals surface area contributed by atoms with Crippen molar-refractivity contribution >= 4 is 50.4 Å². The first-order valence-corrected chi connectivity index (χ1v) is 9.68. The maximum Gasteiger partial charge on any atom is 0.271 e. The molecule has 2 aromatic heterocycles. The molecule has 0 radical (unpaired) electrons. The number of carbonyl (C=O) groups is 1. The van der Waals surface area contributed by atoms with Crippen molar-refractivity contribution in [2.75, 3.05) is 0 Å². The first-order valence-electron chi connectivity index (χ1n) is 8.11. The van der Waals surface area contributed by atoms with Crippen LogP contribution in [0.2, 0.25) is 10.0 Å². The van der Waals surface area contributed by atoms with E-state index in [2.05, 4.69) is 0 Å². The summed E-state index contributed by atoms with van der Waals surface area (Å²) in [7, 11) is 0. The van der Waals surface area contributed by atoms with Gasteiger partial charge >= 0.3 is 0 Å².